The van der Waals surface area contributed by atoms with Crippen LogP contribution in [-0.4, -0.2) is 11.7 Å². The molecule has 2 rings (SSSR count). The predicted molar refractivity (Wildman–Crippen MR) is 78.1 cm³/mol. The van der Waals surface area contributed by atoms with E-state index in [-0.39, 0.29) is 6.61 Å². The maximum Gasteiger partial charge on any atom is 0.139 e. The van der Waals surface area contributed by atoms with E-state index in [4.69, 9.17) is 33.2 Å². The summed E-state index contributed by atoms with van der Waals surface area (Å²) in [4.78, 5) is 0. The Morgan fingerprint density at radius 2 is 1.85 bits per heavy atom. The standard InChI is InChI=1S/C15H11Cl2NO2/c16-12-2-1-3-14(15(12)17)20-9-13(19)11-6-4-10(8-18)5-7-11/h1-7,13,19H,9H2. The van der Waals surface area contributed by atoms with Crippen molar-refractivity contribution in [2.45, 2.75) is 6.10 Å². The maximum absolute atomic E-state index is 10.0. The molecular formula is C15H11Cl2NO2. The zero-order chi connectivity index (χ0) is 14.5. The van der Waals surface area contributed by atoms with Crippen LogP contribution in [0.25, 0.3) is 0 Å². The quantitative estimate of drug-likeness (QED) is 0.929. The second-order valence-electron chi connectivity index (χ2n) is 4.11. The van der Waals surface area contributed by atoms with Crippen LogP contribution < -0.4 is 4.74 Å². The Balaban J connectivity index is 2.03. The molecule has 1 atom stereocenters. The van der Waals surface area contributed by atoms with Gasteiger partial charge in [-0.3, -0.25) is 0 Å². The lowest BCUT2D eigenvalue weighted by molar-refractivity contribution is 0.108. The number of hydrogen-bond acceptors (Lipinski definition) is 3. The molecule has 0 bridgehead atoms. The molecule has 0 amide bonds. The van der Waals surface area contributed by atoms with E-state index in [1.807, 2.05) is 6.07 Å². The van der Waals surface area contributed by atoms with Gasteiger partial charge in [0.25, 0.3) is 0 Å². The normalized spacial score (nSPS) is 11.7. The highest BCUT2D eigenvalue weighted by molar-refractivity contribution is 6.42. The van der Waals surface area contributed by atoms with Gasteiger partial charge in [0.05, 0.1) is 16.7 Å². The monoisotopic (exact) mass is 307 g/mol. The van der Waals surface area contributed by atoms with Crippen LogP contribution in [-0.2, 0) is 0 Å². The second-order valence-corrected chi connectivity index (χ2v) is 4.90. The van der Waals surface area contributed by atoms with Crippen LogP contribution in [0.1, 0.15) is 17.2 Å². The second kappa shape index (κ2) is 6.62. The summed E-state index contributed by atoms with van der Waals surface area (Å²) in [6.07, 6.45) is -0.808. The minimum absolute atomic E-state index is 0.0476. The summed E-state index contributed by atoms with van der Waals surface area (Å²) in [5.41, 5.74) is 1.21. The van der Waals surface area contributed by atoms with Crippen molar-refractivity contribution in [1.29, 1.82) is 5.26 Å². The highest BCUT2D eigenvalue weighted by Gasteiger charge is 2.11. The third-order valence-corrected chi connectivity index (χ3v) is 3.54. The zero-order valence-corrected chi connectivity index (χ0v) is 11.9. The van der Waals surface area contributed by atoms with Gasteiger partial charge in [0, 0.05) is 0 Å². The molecule has 2 aromatic carbocycles. The van der Waals surface area contributed by atoms with Crippen molar-refractivity contribution in [3.05, 3.63) is 63.6 Å². The molecule has 0 heterocycles. The Morgan fingerprint density at radius 1 is 1.15 bits per heavy atom. The number of nitriles is 1. The molecule has 0 aliphatic rings. The summed E-state index contributed by atoms with van der Waals surface area (Å²) < 4.78 is 5.46. The molecule has 0 saturated heterocycles. The Morgan fingerprint density at radius 3 is 2.50 bits per heavy atom. The van der Waals surface area contributed by atoms with Crippen LogP contribution in [0.5, 0.6) is 5.75 Å². The molecule has 0 fully saturated rings. The first-order chi connectivity index (χ1) is 9.61. The van der Waals surface area contributed by atoms with Gasteiger partial charge in [-0.15, -0.1) is 0 Å². The van der Waals surface area contributed by atoms with Crippen LogP contribution in [0.2, 0.25) is 10.0 Å². The van der Waals surface area contributed by atoms with Gasteiger partial charge >= 0.3 is 0 Å². The largest absolute Gasteiger partial charge is 0.489 e. The lowest BCUT2D eigenvalue weighted by atomic mass is 10.1. The summed E-state index contributed by atoms with van der Waals surface area (Å²) in [6.45, 7) is 0.0476. The molecule has 5 heteroatoms. The fourth-order valence-corrected chi connectivity index (χ4v) is 1.99. The van der Waals surface area contributed by atoms with Crippen LogP contribution in [0, 0.1) is 11.3 Å². The van der Waals surface area contributed by atoms with Gasteiger partial charge in [-0.05, 0) is 29.8 Å². The Hall–Kier alpha value is -1.73. The molecular weight excluding hydrogens is 297 g/mol. The third-order valence-electron chi connectivity index (χ3n) is 2.74. The molecule has 20 heavy (non-hydrogen) atoms. The molecule has 3 nitrogen and oxygen atoms in total. The van der Waals surface area contributed by atoms with Crippen molar-refractivity contribution in [2.75, 3.05) is 6.61 Å². The minimum Gasteiger partial charge on any atom is -0.489 e. The number of aliphatic hydroxyl groups excluding tert-OH is 1. The van der Waals surface area contributed by atoms with E-state index in [0.29, 0.717) is 26.9 Å². The average molecular weight is 308 g/mol. The van der Waals surface area contributed by atoms with E-state index in [1.165, 1.54) is 0 Å². The van der Waals surface area contributed by atoms with Gasteiger partial charge in [-0.1, -0.05) is 41.4 Å². The van der Waals surface area contributed by atoms with Crippen molar-refractivity contribution in [2.24, 2.45) is 0 Å². The predicted octanol–water partition coefficient (Wildman–Crippen LogP) is 3.98. The Labute approximate surface area is 126 Å². The summed E-state index contributed by atoms with van der Waals surface area (Å²) in [5.74, 6) is 0.423. The van der Waals surface area contributed by atoms with E-state index >= 15 is 0 Å². The number of aliphatic hydroxyl groups is 1. The van der Waals surface area contributed by atoms with Crippen molar-refractivity contribution in [1.82, 2.24) is 0 Å². The van der Waals surface area contributed by atoms with Gasteiger partial charge in [0.15, 0.2) is 0 Å². The molecule has 0 aromatic heterocycles. The lowest BCUT2D eigenvalue weighted by Gasteiger charge is -2.14. The molecule has 1 N–H and O–H groups in total. The van der Waals surface area contributed by atoms with Gasteiger partial charge in [-0.25, -0.2) is 0 Å². The fourth-order valence-electron chi connectivity index (χ4n) is 1.64. The van der Waals surface area contributed by atoms with Crippen LogP contribution in [0.15, 0.2) is 42.5 Å². The molecule has 0 aliphatic carbocycles. The van der Waals surface area contributed by atoms with Crippen LogP contribution in [0.3, 0.4) is 0 Å². The number of nitrogens with zero attached hydrogens (tertiary/aromatic N) is 1. The highest BCUT2D eigenvalue weighted by Crippen LogP contribution is 2.32. The molecule has 0 spiro atoms. The van der Waals surface area contributed by atoms with E-state index in [0.717, 1.165) is 0 Å². The first-order valence-electron chi connectivity index (χ1n) is 5.86. The van der Waals surface area contributed by atoms with Crippen molar-refractivity contribution in [3.8, 4) is 11.8 Å². The number of ether oxygens (including phenoxy) is 1. The maximum atomic E-state index is 10.0. The molecule has 0 aliphatic heterocycles. The molecule has 102 valence electrons. The number of hydrogen-bond donors (Lipinski definition) is 1. The number of benzene rings is 2. The topological polar surface area (TPSA) is 53.2 Å². The average Bonchev–Trinajstić information content (AvgIpc) is 2.48. The van der Waals surface area contributed by atoms with Crippen molar-refractivity contribution in [3.63, 3.8) is 0 Å². The minimum atomic E-state index is -0.808. The third kappa shape index (κ3) is 3.43. The first kappa shape index (κ1) is 14.7. The molecule has 1 unspecified atom stereocenters. The van der Waals surface area contributed by atoms with E-state index in [9.17, 15) is 5.11 Å². The summed E-state index contributed by atoms with van der Waals surface area (Å²) >= 11 is 11.9. The zero-order valence-electron chi connectivity index (χ0n) is 10.4. The lowest BCUT2D eigenvalue weighted by Crippen LogP contribution is -2.09. The molecule has 2 aromatic rings. The SMILES string of the molecule is N#Cc1ccc(C(O)COc2cccc(Cl)c2Cl)cc1. The van der Waals surface area contributed by atoms with Crippen LogP contribution >= 0.6 is 23.2 Å². The fraction of sp³-hybridized carbons (Fsp3) is 0.133. The smallest absolute Gasteiger partial charge is 0.139 e. The summed E-state index contributed by atoms with van der Waals surface area (Å²) in [7, 11) is 0. The van der Waals surface area contributed by atoms with Gasteiger partial charge in [-0.2, -0.15) is 5.26 Å². The van der Waals surface area contributed by atoms with Crippen LogP contribution in [0.4, 0.5) is 0 Å². The van der Waals surface area contributed by atoms with E-state index in [2.05, 4.69) is 0 Å². The highest BCUT2D eigenvalue weighted by atomic mass is 35.5. The molecule has 0 saturated carbocycles. The number of rotatable bonds is 4. The Kier molecular flexibility index (Phi) is 4.86. The van der Waals surface area contributed by atoms with E-state index in [1.54, 1.807) is 42.5 Å². The number of halogens is 2. The van der Waals surface area contributed by atoms with Gasteiger partial charge in [0.1, 0.15) is 23.5 Å². The van der Waals surface area contributed by atoms with Gasteiger partial charge in [0.2, 0.25) is 0 Å². The van der Waals surface area contributed by atoms with E-state index < -0.39 is 6.10 Å². The van der Waals surface area contributed by atoms with Gasteiger partial charge < -0.3 is 9.84 Å². The summed E-state index contributed by atoms with van der Waals surface area (Å²) in [6, 6.07) is 13.7. The molecule has 0 radical (unpaired) electrons. The van der Waals surface area contributed by atoms with Crippen molar-refractivity contribution < 1.29 is 9.84 Å². The Bertz CT molecular complexity index is 635. The van der Waals surface area contributed by atoms with Crippen molar-refractivity contribution >= 4 is 23.2 Å². The summed E-state index contributed by atoms with van der Waals surface area (Å²) in [5, 5.41) is 19.5. The first-order valence-corrected chi connectivity index (χ1v) is 6.62.